The maximum Gasteiger partial charge on any atom is 0.253 e. The van der Waals surface area contributed by atoms with E-state index in [1.165, 1.54) is 23.5 Å². The van der Waals surface area contributed by atoms with Crippen molar-refractivity contribution < 1.29 is 9.90 Å². The molecule has 1 atom stereocenters. The Kier molecular flexibility index (Phi) is 5.58. The minimum Gasteiger partial charge on any atom is -0.507 e. The molecule has 5 heteroatoms. The number of aryl methyl sites for hydroxylation is 1. The van der Waals surface area contributed by atoms with Crippen LogP contribution in [-0.2, 0) is 4.79 Å². The number of benzene rings is 3. The van der Waals surface area contributed by atoms with Gasteiger partial charge in [0.25, 0.3) is 5.91 Å². The van der Waals surface area contributed by atoms with Gasteiger partial charge in [-0.05, 0) is 42.8 Å². The van der Waals surface area contributed by atoms with Gasteiger partial charge in [0.15, 0.2) is 0 Å². The molecule has 0 saturated carbocycles. The van der Waals surface area contributed by atoms with Crippen LogP contribution < -0.4 is 5.43 Å². The molecule has 0 unspecified atom stereocenters. The fraction of sp³-hybridized carbons (Fsp3) is 0.143. The molecule has 3 aromatic carbocycles. The van der Waals surface area contributed by atoms with Gasteiger partial charge in [-0.25, -0.2) is 5.43 Å². The van der Waals surface area contributed by atoms with Gasteiger partial charge in [-0.1, -0.05) is 48.0 Å². The summed E-state index contributed by atoms with van der Waals surface area (Å²) in [5, 5.41) is 15.7. The van der Waals surface area contributed by atoms with E-state index in [9.17, 15) is 9.90 Å². The van der Waals surface area contributed by atoms with Gasteiger partial charge in [0.1, 0.15) is 5.75 Å². The lowest BCUT2D eigenvalue weighted by molar-refractivity contribution is -0.120. The largest absolute Gasteiger partial charge is 0.507 e. The molecule has 0 aliphatic carbocycles. The highest BCUT2D eigenvalue weighted by atomic mass is 32.2. The molecule has 0 bridgehead atoms. The monoisotopic (exact) mass is 364 g/mol. The second kappa shape index (κ2) is 8.06. The zero-order valence-corrected chi connectivity index (χ0v) is 15.5. The second-order valence-electron chi connectivity index (χ2n) is 6.03. The number of nitrogens with one attached hydrogen (secondary N) is 1. The third-order valence-electron chi connectivity index (χ3n) is 4.02. The summed E-state index contributed by atoms with van der Waals surface area (Å²) in [5.41, 5.74) is 4.32. The number of aromatic hydroxyl groups is 1. The molecule has 0 heterocycles. The fourth-order valence-corrected chi connectivity index (χ4v) is 3.41. The van der Waals surface area contributed by atoms with E-state index in [1.54, 1.807) is 6.07 Å². The summed E-state index contributed by atoms with van der Waals surface area (Å²) >= 11 is 1.48. The molecule has 0 aliphatic heterocycles. The second-order valence-corrected chi connectivity index (χ2v) is 7.44. The number of rotatable bonds is 5. The minimum atomic E-state index is -0.282. The molecule has 4 nitrogen and oxygen atoms in total. The zero-order valence-electron chi connectivity index (χ0n) is 14.6. The first-order valence-electron chi connectivity index (χ1n) is 8.31. The summed E-state index contributed by atoms with van der Waals surface area (Å²) < 4.78 is 0. The first-order valence-corrected chi connectivity index (χ1v) is 9.19. The molecule has 0 radical (unpaired) electrons. The van der Waals surface area contributed by atoms with E-state index in [0.29, 0.717) is 5.56 Å². The van der Waals surface area contributed by atoms with Crippen molar-refractivity contribution in [2.24, 2.45) is 5.10 Å². The average Bonchev–Trinajstić information content (AvgIpc) is 2.65. The number of fused-ring (bicyclic) bond motifs is 1. The first-order chi connectivity index (χ1) is 12.5. The molecule has 3 rings (SSSR count). The van der Waals surface area contributed by atoms with Crippen LogP contribution >= 0.6 is 11.8 Å². The summed E-state index contributed by atoms with van der Waals surface area (Å²) in [5.74, 6) is -0.0599. The Hall–Kier alpha value is -2.79. The van der Waals surface area contributed by atoms with Gasteiger partial charge in [-0.2, -0.15) is 5.10 Å². The van der Waals surface area contributed by atoms with E-state index < -0.39 is 0 Å². The van der Waals surface area contributed by atoms with Crippen molar-refractivity contribution in [3.8, 4) is 5.75 Å². The standard InChI is InChI=1S/C21H20N2O2S/c1-14-7-10-17(11-8-14)26-15(2)21(25)23-22-13-19-18-6-4-3-5-16(18)9-12-20(19)24/h3-13,15,24H,1-2H3,(H,23,25)/b22-13-/t15-/m0/s1. The number of nitrogens with zero attached hydrogens (tertiary/aromatic N) is 1. The molecule has 0 fully saturated rings. The van der Waals surface area contributed by atoms with Crippen LogP contribution in [0.2, 0.25) is 0 Å². The number of hydrazone groups is 1. The summed E-state index contributed by atoms with van der Waals surface area (Å²) in [6, 6.07) is 19.2. The van der Waals surface area contributed by atoms with E-state index in [-0.39, 0.29) is 16.9 Å². The van der Waals surface area contributed by atoms with Crippen molar-refractivity contribution in [1.82, 2.24) is 5.43 Å². The molecule has 0 aliphatic rings. The highest BCUT2D eigenvalue weighted by Crippen LogP contribution is 2.26. The molecule has 2 N–H and O–H groups in total. The zero-order chi connectivity index (χ0) is 18.5. The van der Waals surface area contributed by atoms with Crippen molar-refractivity contribution in [2.45, 2.75) is 24.0 Å². The van der Waals surface area contributed by atoms with Crippen LogP contribution in [0.15, 0.2) is 70.7 Å². The SMILES string of the molecule is Cc1ccc(S[C@@H](C)C(=O)N/N=C\c2c(O)ccc3ccccc23)cc1. The molecule has 1 amide bonds. The lowest BCUT2D eigenvalue weighted by Gasteiger charge is -2.10. The summed E-state index contributed by atoms with van der Waals surface area (Å²) in [4.78, 5) is 13.3. The molecule has 0 spiro atoms. The van der Waals surface area contributed by atoms with Gasteiger partial charge in [0.2, 0.25) is 0 Å². The molecule has 26 heavy (non-hydrogen) atoms. The van der Waals surface area contributed by atoms with Crippen molar-refractivity contribution >= 4 is 34.7 Å². The van der Waals surface area contributed by atoms with Gasteiger partial charge in [-0.3, -0.25) is 4.79 Å². The average molecular weight is 364 g/mol. The smallest absolute Gasteiger partial charge is 0.253 e. The van der Waals surface area contributed by atoms with Gasteiger partial charge in [0, 0.05) is 10.5 Å². The molecular weight excluding hydrogens is 344 g/mol. The third kappa shape index (κ3) is 4.24. The van der Waals surface area contributed by atoms with E-state index in [1.807, 2.05) is 68.4 Å². The lowest BCUT2D eigenvalue weighted by atomic mass is 10.0. The number of carbonyl (C=O) groups is 1. The minimum absolute atomic E-state index is 0.128. The van der Waals surface area contributed by atoms with Crippen LogP contribution in [0.25, 0.3) is 10.8 Å². The quantitative estimate of drug-likeness (QED) is 0.398. The lowest BCUT2D eigenvalue weighted by Crippen LogP contribution is -2.26. The Balaban J connectivity index is 1.67. The summed E-state index contributed by atoms with van der Waals surface area (Å²) in [6.45, 7) is 3.87. The number of hydrogen-bond acceptors (Lipinski definition) is 4. The van der Waals surface area contributed by atoms with Crippen molar-refractivity contribution in [3.05, 3.63) is 71.8 Å². The predicted octanol–water partition coefficient (Wildman–Crippen LogP) is 4.48. The Morgan fingerprint density at radius 3 is 2.62 bits per heavy atom. The van der Waals surface area contributed by atoms with Crippen molar-refractivity contribution in [1.29, 1.82) is 0 Å². The van der Waals surface area contributed by atoms with Crippen molar-refractivity contribution in [2.75, 3.05) is 0 Å². The molecule has 132 valence electrons. The predicted molar refractivity (Wildman–Crippen MR) is 108 cm³/mol. The molecule has 3 aromatic rings. The Morgan fingerprint density at radius 2 is 1.85 bits per heavy atom. The topological polar surface area (TPSA) is 61.7 Å². The Morgan fingerprint density at radius 1 is 1.12 bits per heavy atom. The highest BCUT2D eigenvalue weighted by Gasteiger charge is 2.13. The van der Waals surface area contributed by atoms with E-state index in [0.717, 1.165) is 15.7 Å². The van der Waals surface area contributed by atoms with E-state index in [4.69, 9.17) is 0 Å². The molecule has 0 aromatic heterocycles. The molecular formula is C21H20N2O2S. The van der Waals surface area contributed by atoms with E-state index >= 15 is 0 Å². The maximum atomic E-state index is 12.2. The number of thioether (sulfide) groups is 1. The maximum absolute atomic E-state index is 12.2. The number of hydrogen-bond donors (Lipinski definition) is 2. The van der Waals surface area contributed by atoms with Gasteiger partial charge < -0.3 is 5.11 Å². The van der Waals surface area contributed by atoms with Crippen LogP contribution in [0.3, 0.4) is 0 Å². The Bertz CT molecular complexity index is 952. The fourth-order valence-electron chi connectivity index (χ4n) is 2.55. The van der Waals surface area contributed by atoms with Crippen LogP contribution in [0.5, 0.6) is 5.75 Å². The van der Waals surface area contributed by atoms with Gasteiger partial charge >= 0.3 is 0 Å². The van der Waals surface area contributed by atoms with Crippen molar-refractivity contribution in [3.63, 3.8) is 0 Å². The van der Waals surface area contributed by atoms with Gasteiger partial charge in [-0.15, -0.1) is 11.8 Å². The normalized spacial score (nSPS) is 12.4. The summed E-state index contributed by atoms with van der Waals surface area (Å²) in [6.07, 6.45) is 1.48. The number of amides is 1. The third-order valence-corrected chi connectivity index (χ3v) is 5.13. The highest BCUT2D eigenvalue weighted by molar-refractivity contribution is 8.00. The summed E-state index contributed by atoms with van der Waals surface area (Å²) in [7, 11) is 0. The Labute approximate surface area is 156 Å². The van der Waals surface area contributed by atoms with Crippen LogP contribution in [-0.4, -0.2) is 22.5 Å². The van der Waals surface area contributed by atoms with Crippen LogP contribution in [0.1, 0.15) is 18.1 Å². The number of phenolic OH excluding ortho intramolecular Hbond substituents is 1. The van der Waals surface area contributed by atoms with Gasteiger partial charge in [0.05, 0.1) is 11.5 Å². The van der Waals surface area contributed by atoms with Crippen LogP contribution in [0.4, 0.5) is 0 Å². The first kappa shape index (κ1) is 18.0. The number of carbonyl (C=O) groups excluding carboxylic acids is 1. The molecule has 0 saturated heterocycles. The van der Waals surface area contributed by atoms with E-state index in [2.05, 4.69) is 10.5 Å². The number of phenols is 1. The van der Waals surface area contributed by atoms with Crippen LogP contribution in [0, 0.1) is 6.92 Å².